The Morgan fingerprint density at radius 2 is 1.42 bits per heavy atom. The fraction of sp³-hybridized carbons (Fsp3) is 0.396. The third-order valence-electron chi connectivity index (χ3n) is 11.4. The van der Waals surface area contributed by atoms with Crippen molar-refractivity contribution in [1.29, 1.82) is 0 Å². The number of nitrogens with one attached hydrogen (secondary N) is 2. The second-order valence-electron chi connectivity index (χ2n) is 17.0. The van der Waals surface area contributed by atoms with Crippen molar-refractivity contribution in [3.63, 3.8) is 0 Å². The molecule has 22 nitrogen and oxygen atoms in total. The molecule has 76 heavy (non-hydrogen) atoms. The summed E-state index contributed by atoms with van der Waals surface area (Å²) in [7, 11) is 3.02. The first-order chi connectivity index (χ1) is 36.5. The third kappa shape index (κ3) is 18.0. The Balaban J connectivity index is 1.29. The number of nitrogens with zero attached hydrogens (tertiary/aromatic N) is 2. The first-order valence-electron chi connectivity index (χ1n) is 24.1. The molecule has 1 heterocycles. The van der Waals surface area contributed by atoms with Gasteiger partial charge in [-0.2, -0.15) is 0 Å². The third-order valence-corrected chi connectivity index (χ3v) is 11.6. The monoisotopic (exact) mass is 1080 g/mol. The van der Waals surface area contributed by atoms with Crippen LogP contribution in [0, 0.1) is 0 Å². The molecule has 5 rings (SSSR count). The van der Waals surface area contributed by atoms with Crippen LogP contribution in [0.4, 0.5) is 11.4 Å². The lowest BCUT2D eigenvalue weighted by Crippen LogP contribution is -2.37. The number of methoxy groups -OCH3 is 1. The normalized spacial score (nSPS) is 11.0. The number of unbranched alkanes of at least 4 members (excludes halogenated alkanes) is 3. The maximum absolute atomic E-state index is 13.4. The molecule has 0 atom stereocenters. The van der Waals surface area contributed by atoms with E-state index in [4.69, 9.17) is 39.7 Å². The van der Waals surface area contributed by atoms with Crippen molar-refractivity contribution < 1.29 is 81.4 Å². The van der Waals surface area contributed by atoms with Gasteiger partial charge in [0.2, 0.25) is 19.5 Å². The van der Waals surface area contributed by atoms with Gasteiger partial charge in [0.05, 0.1) is 43.7 Å². The highest BCUT2D eigenvalue weighted by Gasteiger charge is 2.26. The number of alkyl halides is 1. The molecule has 2 amide bonds. The number of carbonyl (C=O) groups is 7. The largest absolute Gasteiger partial charge is 0.507 e. The number of hydrogen-bond acceptors (Lipinski definition) is 19. The van der Waals surface area contributed by atoms with E-state index >= 15 is 0 Å². The van der Waals surface area contributed by atoms with Gasteiger partial charge in [0, 0.05) is 92.3 Å². The minimum atomic E-state index is -1.32. The highest BCUT2D eigenvalue weighted by Crippen LogP contribution is 2.44. The molecule has 2 aliphatic rings. The molecule has 0 aromatic heterocycles. The highest BCUT2D eigenvalue weighted by molar-refractivity contribution is 6.17. The van der Waals surface area contributed by atoms with Crippen LogP contribution < -0.4 is 25.7 Å². The molecule has 0 saturated heterocycles. The number of phenols is 1. The van der Waals surface area contributed by atoms with Gasteiger partial charge in [-0.15, -0.1) is 11.6 Å². The van der Waals surface area contributed by atoms with Crippen molar-refractivity contribution in [2.24, 2.45) is 0 Å². The van der Waals surface area contributed by atoms with Gasteiger partial charge in [0.15, 0.2) is 5.43 Å². The number of aromatic carboxylic acids is 1. The van der Waals surface area contributed by atoms with E-state index in [9.17, 15) is 48.6 Å². The number of aromatic hydroxyl groups is 1. The Morgan fingerprint density at radius 1 is 0.750 bits per heavy atom. The van der Waals surface area contributed by atoms with Crippen LogP contribution in [0.1, 0.15) is 72.2 Å². The van der Waals surface area contributed by atoms with Crippen LogP contribution >= 0.6 is 11.6 Å². The number of carboxylic acids is 1. The lowest BCUT2D eigenvalue weighted by molar-refractivity contribution is -0.165. The van der Waals surface area contributed by atoms with Crippen LogP contribution in [-0.4, -0.2) is 143 Å². The maximum atomic E-state index is 13.4. The van der Waals surface area contributed by atoms with E-state index < -0.39 is 68.3 Å². The van der Waals surface area contributed by atoms with Crippen LogP contribution in [0.15, 0.2) is 75.9 Å². The van der Waals surface area contributed by atoms with Crippen LogP contribution in [0.2, 0.25) is 0 Å². The maximum Gasteiger partial charge on any atom is 0.336 e. The summed E-state index contributed by atoms with van der Waals surface area (Å²) in [5.74, 6) is -4.71. The van der Waals surface area contributed by atoms with Gasteiger partial charge in [0.1, 0.15) is 35.9 Å². The number of fused-ring (bicyclic) bond motifs is 2. The van der Waals surface area contributed by atoms with E-state index in [1.54, 1.807) is 18.0 Å². The average Bonchev–Trinajstić information content (AvgIpc) is 3.42. The van der Waals surface area contributed by atoms with Gasteiger partial charge in [-0.05, 0) is 74.0 Å². The number of benzene rings is 4. The summed E-state index contributed by atoms with van der Waals surface area (Å²) in [5.41, 5.74) is 1.38. The van der Waals surface area contributed by atoms with Crippen molar-refractivity contribution >= 4 is 75.6 Å². The van der Waals surface area contributed by atoms with Gasteiger partial charge in [0.25, 0.3) is 5.91 Å². The van der Waals surface area contributed by atoms with Gasteiger partial charge < -0.3 is 68.2 Å². The van der Waals surface area contributed by atoms with E-state index in [1.165, 1.54) is 72.7 Å². The molecule has 3 aromatic carbocycles. The molecule has 1 aliphatic heterocycles. The molecule has 0 bridgehead atoms. The predicted molar refractivity (Wildman–Crippen MR) is 277 cm³/mol. The predicted octanol–water partition coefficient (Wildman–Crippen LogP) is 5.93. The molecule has 0 radical (unpaired) electrons. The van der Waals surface area contributed by atoms with Crippen LogP contribution in [0.5, 0.6) is 11.5 Å². The number of hydrogen-bond donors (Lipinski definition) is 4. The fourth-order valence-electron chi connectivity index (χ4n) is 7.68. The second-order valence-corrected chi connectivity index (χ2v) is 17.4. The molecule has 0 fully saturated rings. The zero-order valence-electron chi connectivity index (χ0n) is 42.6. The summed E-state index contributed by atoms with van der Waals surface area (Å²) in [4.78, 5) is 103. The zero-order valence-corrected chi connectivity index (χ0v) is 43.3. The van der Waals surface area contributed by atoms with Crippen molar-refractivity contribution in [1.82, 2.24) is 10.2 Å². The van der Waals surface area contributed by atoms with Crippen LogP contribution in [0.25, 0.3) is 33.4 Å². The lowest BCUT2D eigenvalue weighted by Gasteiger charge is -2.25. The summed E-state index contributed by atoms with van der Waals surface area (Å²) in [5, 5.41) is 27.7. The molecule has 0 unspecified atom stereocenters. The van der Waals surface area contributed by atoms with E-state index in [-0.39, 0.29) is 94.6 Å². The first kappa shape index (κ1) is 59.1. The Labute approximate surface area is 442 Å². The number of amides is 2. The summed E-state index contributed by atoms with van der Waals surface area (Å²) in [6.07, 6.45) is 3.96. The number of halogens is 1. The minimum absolute atomic E-state index is 0.0179. The molecule has 0 spiro atoms. The van der Waals surface area contributed by atoms with Gasteiger partial charge in [-0.3, -0.25) is 33.6 Å². The topological polar surface area (TPSA) is 285 Å². The Hall–Kier alpha value is -7.79. The molecule has 0 saturated carbocycles. The number of anilines is 2. The van der Waals surface area contributed by atoms with Crippen LogP contribution in [0.3, 0.4) is 0 Å². The second kappa shape index (κ2) is 29.9. The smallest absolute Gasteiger partial charge is 0.336 e. The quantitative estimate of drug-likeness (QED) is 0.0131. The minimum Gasteiger partial charge on any atom is -0.507 e. The molecule has 3 aromatic rings. The van der Waals surface area contributed by atoms with Gasteiger partial charge in [-0.25, -0.2) is 4.79 Å². The standard InChI is InChI=1S/C53H61ClN4O18/c1-33(59)72-31-74-48(64)29-58(30-49(65)75-32-73-34(2)60)43-15-10-36(26-46(43)69-4)56-47(63)17-20-57(3)28-42-44(62)16-14-40-50(39-13-11-37(61)27-45(39)76-51(40)42)38-12-9-35(25-41(38)53(67)68)52(66)55-19-22-71-24-23-70-21-8-6-5-7-18-54/h9-16,25-27,62H,5-8,17-24,28-32H2,1-4H3,(H,55,66)(H,56,63)(H,67,68). The number of phenolic OH excluding ortho intramolecular Hbond substituents is 1. The van der Waals surface area contributed by atoms with E-state index in [0.29, 0.717) is 42.2 Å². The van der Waals surface area contributed by atoms with Gasteiger partial charge >= 0.3 is 29.8 Å². The van der Waals surface area contributed by atoms with Crippen molar-refractivity contribution in [3.05, 3.63) is 93.6 Å². The summed E-state index contributed by atoms with van der Waals surface area (Å²) < 4.78 is 42.2. The number of esters is 4. The van der Waals surface area contributed by atoms with E-state index in [1.807, 2.05) is 0 Å². The summed E-state index contributed by atoms with van der Waals surface area (Å²) in [6.45, 7) is 1.75. The molecular weight excluding hydrogens is 1020 g/mol. The SMILES string of the molecule is COc1cc(NC(=O)CCN(C)Cc2c(O)ccc3c(-c4ccc(C(=O)NCCOCCOCCCCCCCl)cc4C(=O)O)c4ccc(=O)cc-4oc23)ccc1N(CC(=O)OCOC(C)=O)CC(=O)OCOC(C)=O. The Bertz CT molecular complexity index is 2840. The molecule has 4 N–H and O–H groups in total. The summed E-state index contributed by atoms with van der Waals surface area (Å²) in [6, 6.07) is 15.8. The van der Waals surface area contributed by atoms with Crippen molar-refractivity contribution in [2.75, 3.05) is 96.4 Å². The zero-order chi connectivity index (χ0) is 55.1. The number of carboxylic acid groups (broad SMARTS) is 1. The number of carbonyl (C=O) groups excluding carboxylic acids is 6. The highest BCUT2D eigenvalue weighted by atomic mass is 35.5. The lowest BCUT2D eigenvalue weighted by atomic mass is 9.89. The van der Waals surface area contributed by atoms with Crippen LogP contribution in [-0.2, 0) is 58.9 Å². The first-order valence-corrected chi connectivity index (χ1v) is 24.6. The Morgan fingerprint density at radius 3 is 2.08 bits per heavy atom. The molecule has 408 valence electrons. The molecule has 1 aliphatic carbocycles. The molecular formula is C53H61ClN4O18. The summed E-state index contributed by atoms with van der Waals surface area (Å²) >= 11 is 5.71. The fourth-order valence-corrected chi connectivity index (χ4v) is 7.87. The number of rotatable bonds is 31. The van der Waals surface area contributed by atoms with Gasteiger partial charge in [-0.1, -0.05) is 18.9 Å². The van der Waals surface area contributed by atoms with Crippen molar-refractivity contribution in [2.45, 2.75) is 52.5 Å². The Kier molecular flexibility index (Phi) is 23.3. The van der Waals surface area contributed by atoms with E-state index in [2.05, 4.69) is 20.1 Å². The molecule has 23 heteroatoms. The van der Waals surface area contributed by atoms with E-state index in [0.717, 1.165) is 39.5 Å². The average molecular weight is 1080 g/mol. The number of ether oxygens (including phenoxy) is 7. The van der Waals surface area contributed by atoms with Crippen molar-refractivity contribution in [3.8, 4) is 33.9 Å².